The quantitative estimate of drug-likeness (QED) is 0.174. The van der Waals surface area contributed by atoms with Crippen LogP contribution in [-0.4, -0.2) is 22.5 Å². The van der Waals surface area contributed by atoms with E-state index in [0.717, 1.165) is 0 Å². The monoisotopic (exact) mass is 174 g/mol. The summed E-state index contributed by atoms with van der Waals surface area (Å²) in [5, 5.41) is 22.3. The second-order valence-electron chi connectivity index (χ2n) is 2.78. The van der Waals surface area contributed by atoms with Gasteiger partial charge in [-0.3, -0.25) is 0 Å². The topological polar surface area (TPSA) is 75.7 Å². The Labute approximate surface area is 70.6 Å². The molecule has 0 aromatic heterocycles. The van der Waals surface area contributed by atoms with Crippen molar-refractivity contribution in [3.05, 3.63) is 17.5 Å². The second kappa shape index (κ2) is 4.48. The maximum Gasteiger partial charge on any atom is 0.360 e. The fourth-order valence-electron chi connectivity index (χ4n) is 0.531. The molecule has 0 unspecified atom stereocenters. The van der Waals surface area contributed by atoms with Gasteiger partial charge in [0.05, 0.1) is 0 Å². The number of rotatable bonds is 4. The van der Waals surface area contributed by atoms with E-state index >= 15 is 0 Å². The highest BCUT2D eigenvalue weighted by atomic mass is 16.8. The van der Waals surface area contributed by atoms with E-state index < -0.39 is 11.7 Å². The number of hydroxylamine groups is 1. The molecule has 68 valence electrons. The van der Waals surface area contributed by atoms with Crippen LogP contribution < -0.4 is 0 Å². The minimum atomic E-state index is -1.28. The molecule has 0 bridgehead atoms. The van der Waals surface area contributed by atoms with Gasteiger partial charge in [0.15, 0.2) is 6.54 Å². The average Bonchev–Trinajstić information content (AvgIpc) is 1.84. The SMILES string of the molecule is C=C(N=[15N+]([O-])[13CH2]C(C)C)C(=O)O. The van der Waals surface area contributed by atoms with Crippen molar-refractivity contribution in [2.45, 2.75) is 13.8 Å². The summed E-state index contributed by atoms with van der Waals surface area (Å²) >= 11 is 0. The molecule has 0 aromatic rings. The van der Waals surface area contributed by atoms with Gasteiger partial charge in [-0.15, -0.1) is 0 Å². The van der Waals surface area contributed by atoms with Crippen LogP contribution in [0.25, 0.3) is 0 Å². The zero-order chi connectivity index (χ0) is 9.72. The number of carbonyl (C=O) groups is 1. The summed E-state index contributed by atoms with van der Waals surface area (Å²) in [4.78, 5) is 10.5. The average molecular weight is 174 g/mol. The van der Waals surface area contributed by atoms with E-state index in [4.69, 9.17) is 5.11 Å². The Morgan fingerprint density at radius 3 is 2.58 bits per heavy atom. The lowest BCUT2D eigenvalue weighted by Crippen LogP contribution is -2.10. The standard InChI is InChI=1S/C7H12N2O3/c1-5(2)4-9(12)8-6(3)7(10)11/h5H,3-4H2,1-2H3,(H,10,11)/i4+1,9+1. The highest BCUT2D eigenvalue weighted by Gasteiger charge is 2.07. The number of aliphatic carboxylic acids is 1. The summed E-state index contributed by atoms with van der Waals surface area (Å²) in [7, 11) is 0. The zero-order valence-electron chi connectivity index (χ0n) is 7.15. The molecule has 0 saturated carbocycles. The third kappa shape index (κ3) is 4.43. The van der Waals surface area contributed by atoms with E-state index in [0.29, 0.717) is 4.86 Å². The van der Waals surface area contributed by atoms with Gasteiger partial charge >= 0.3 is 5.97 Å². The Kier molecular flexibility index (Phi) is 3.96. The van der Waals surface area contributed by atoms with Gasteiger partial charge in [-0.05, 0) is 0 Å². The molecule has 0 aliphatic rings. The molecule has 0 rings (SSSR count). The minimum absolute atomic E-state index is 0.146. The first-order chi connectivity index (χ1) is 5.43. The molecule has 0 aliphatic carbocycles. The molecule has 0 fully saturated rings. The Bertz CT molecular complexity index is 221. The second-order valence-corrected chi connectivity index (χ2v) is 2.78. The maximum atomic E-state index is 10.8. The van der Waals surface area contributed by atoms with E-state index in [1.54, 1.807) is 0 Å². The molecule has 1 N–H and O–H groups in total. The summed E-state index contributed by atoms with van der Waals surface area (Å²) in [5.41, 5.74) is -0.439. The molecule has 0 radical (unpaired) electrons. The van der Waals surface area contributed by atoms with Gasteiger partial charge < -0.3 is 10.3 Å². The third-order valence-electron chi connectivity index (χ3n) is 1.00. The van der Waals surface area contributed by atoms with Gasteiger partial charge in [-0.1, -0.05) is 25.3 Å². The van der Waals surface area contributed by atoms with E-state index in [1.807, 2.05) is 13.8 Å². The van der Waals surface area contributed by atoms with Crippen LogP contribution in [0.2, 0.25) is 0 Å². The van der Waals surface area contributed by atoms with Gasteiger partial charge in [-0.25, -0.2) is 4.79 Å². The number of hydrogen-bond donors (Lipinski definition) is 1. The number of carboxylic acid groups (broad SMARTS) is 1. The molecule has 0 atom stereocenters. The smallest absolute Gasteiger partial charge is 0.360 e. The zero-order valence-corrected chi connectivity index (χ0v) is 7.15. The molecular weight excluding hydrogens is 162 g/mol. The normalized spacial score (nSPS) is 11.8. The largest absolute Gasteiger partial charge is 0.600 e. The van der Waals surface area contributed by atoms with Crippen molar-refractivity contribution in [1.29, 1.82) is 0 Å². The highest BCUT2D eigenvalue weighted by molar-refractivity contribution is 5.84. The fourth-order valence-corrected chi connectivity index (χ4v) is 0.531. The number of carboxylic acids is 1. The summed E-state index contributed by atoms with van der Waals surface area (Å²) in [5.74, 6) is -1.13. The first-order valence-electron chi connectivity index (χ1n) is 3.52. The van der Waals surface area contributed by atoms with Gasteiger partial charge in [0.1, 0.15) is 0 Å². The van der Waals surface area contributed by atoms with Crippen molar-refractivity contribution in [2.24, 2.45) is 11.0 Å². The molecular formula is C7H12N2O3. The number of hydrogen-bond acceptors (Lipinski definition) is 3. The Morgan fingerprint density at radius 2 is 2.25 bits per heavy atom. The van der Waals surface area contributed by atoms with Gasteiger partial charge in [-0.2, -0.15) is 0 Å². The molecule has 0 aromatic carbocycles. The van der Waals surface area contributed by atoms with Crippen molar-refractivity contribution >= 4 is 5.97 Å². The van der Waals surface area contributed by atoms with Gasteiger partial charge in [0.2, 0.25) is 5.70 Å². The van der Waals surface area contributed by atoms with Crippen LogP contribution in [-0.2, 0) is 4.79 Å². The van der Waals surface area contributed by atoms with Gasteiger partial charge in [0.25, 0.3) is 0 Å². The number of azo groups is 1. The van der Waals surface area contributed by atoms with E-state index in [9.17, 15) is 10.0 Å². The summed E-state index contributed by atoms with van der Waals surface area (Å²) in [6.07, 6.45) is 0. The summed E-state index contributed by atoms with van der Waals surface area (Å²) in [6.45, 7) is 6.94. The number of nitrogens with zero attached hydrogens (tertiary/aromatic N) is 2. The Morgan fingerprint density at radius 1 is 1.75 bits per heavy atom. The van der Waals surface area contributed by atoms with E-state index in [1.165, 1.54) is 0 Å². The molecule has 5 heteroatoms. The van der Waals surface area contributed by atoms with Crippen LogP contribution in [0.3, 0.4) is 0 Å². The summed E-state index contributed by atoms with van der Waals surface area (Å²) < 4.78 is 0. The fraction of sp³-hybridized carbons (Fsp3) is 0.571. The molecule has 0 spiro atoms. The predicted molar refractivity (Wildman–Crippen MR) is 42.5 cm³/mol. The first-order valence-corrected chi connectivity index (χ1v) is 3.52. The Hall–Kier alpha value is -1.39. The molecule has 5 nitrogen and oxygen atoms in total. The van der Waals surface area contributed by atoms with Gasteiger partial charge in [0, 0.05) is 11.0 Å². The minimum Gasteiger partial charge on any atom is -0.600 e. The van der Waals surface area contributed by atoms with Crippen LogP contribution in [0.4, 0.5) is 0 Å². The van der Waals surface area contributed by atoms with Crippen molar-refractivity contribution in [2.75, 3.05) is 6.54 Å². The molecule has 0 saturated heterocycles. The molecule has 12 heavy (non-hydrogen) atoms. The van der Waals surface area contributed by atoms with Crippen molar-refractivity contribution < 1.29 is 14.8 Å². The van der Waals surface area contributed by atoms with Crippen LogP contribution in [0.1, 0.15) is 13.8 Å². The van der Waals surface area contributed by atoms with E-state index in [-0.39, 0.29) is 12.5 Å². The third-order valence-corrected chi connectivity index (χ3v) is 1.00. The lowest BCUT2D eigenvalue weighted by Gasteiger charge is -2.02. The molecule has 0 aliphatic heterocycles. The highest BCUT2D eigenvalue weighted by Crippen LogP contribution is 1.97. The van der Waals surface area contributed by atoms with Crippen LogP contribution in [0.5, 0.6) is 0 Å². The Balaban J connectivity index is 4.16. The first kappa shape index (κ1) is 10.6. The lowest BCUT2D eigenvalue weighted by atomic mass is 10.4. The molecule has 0 amide bonds. The lowest BCUT2D eigenvalue weighted by molar-refractivity contribution is -0.532. The van der Waals surface area contributed by atoms with Crippen LogP contribution in [0.15, 0.2) is 17.4 Å². The van der Waals surface area contributed by atoms with Crippen LogP contribution >= 0.6 is 0 Å². The van der Waals surface area contributed by atoms with Crippen LogP contribution in [0, 0.1) is 11.1 Å². The van der Waals surface area contributed by atoms with Crippen molar-refractivity contribution in [3.8, 4) is 0 Å². The predicted octanol–water partition coefficient (Wildman–Crippen LogP) is 1.20. The maximum absolute atomic E-state index is 10.8. The van der Waals surface area contributed by atoms with Crippen molar-refractivity contribution in [3.63, 3.8) is 0 Å². The van der Waals surface area contributed by atoms with Crippen molar-refractivity contribution in [1.82, 2.24) is 0 Å². The summed E-state index contributed by atoms with van der Waals surface area (Å²) in [6, 6.07) is 0. The van der Waals surface area contributed by atoms with E-state index in [2.05, 4.69) is 11.7 Å². The molecule has 0 heterocycles.